The fourth-order valence-electron chi connectivity index (χ4n) is 2.87. The van der Waals surface area contributed by atoms with Crippen molar-refractivity contribution >= 4 is 15.9 Å². The van der Waals surface area contributed by atoms with Gasteiger partial charge in [0.05, 0.1) is 5.60 Å². The summed E-state index contributed by atoms with van der Waals surface area (Å²) in [6.07, 6.45) is 3.68. The molecular formula is C17H25BrFNO. The highest BCUT2D eigenvalue weighted by Crippen LogP contribution is 2.40. The average Bonchev–Trinajstić information content (AvgIpc) is 2.40. The van der Waals surface area contributed by atoms with Gasteiger partial charge < -0.3 is 10.4 Å². The standard InChI is InChI=1S/C17H25BrFNO/c1-12(14-5-4-13(18)10-15(14)19)20-11-17(21)8-6-16(2,3)7-9-17/h4-5,10,12,20-21H,6-9,11H2,1-3H3. The highest BCUT2D eigenvalue weighted by atomic mass is 79.9. The van der Waals surface area contributed by atoms with Gasteiger partial charge in [0, 0.05) is 22.6 Å². The molecule has 2 rings (SSSR count). The number of rotatable bonds is 4. The van der Waals surface area contributed by atoms with Crippen molar-refractivity contribution in [3.05, 3.63) is 34.1 Å². The van der Waals surface area contributed by atoms with Crippen LogP contribution < -0.4 is 5.32 Å². The molecule has 1 fully saturated rings. The first kappa shape index (κ1) is 16.9. The van der Waals surface area contributed by atoms with Crippen LogP contribution in [0.2, 0.25) is 0 Å². The second-order valence-corrected chi connectivity index (χ2v) is 8.07. The van der Waals surface area contributed by atoms with E-state index in [0.717, 1.165) is 30.2 Å². The smallest absolute Gasteiger partial charge is 0.129 e. The van der Waals surface area contributed by atoms with Crippen LogP contribution in [0.25, 0.3) is 0 Å². The van der Waals surface area contributed by atoms with E-state index in [1.807, 2.05) is 13.0 Å². The molecule has 0 heterocycles. The van der Waals surface area contributed by atoms with E-state index in [-0.39, 0.29) is 11.9 Å². The zero-order chi connectivity index (χ0) is 15.7. The van der Waals surface area contributed by atoms with Crippen molar-refractivity contribution in [2.24, 2.45) is 5.41 Å². The van der Waals surface area contributed by atoms with Crippen LogP contribution in [0.1, 0.15) is 58.1 Å². The van der Waals surface area contributed by atoms with Crippen LogP contribution in [0, 0.1) is 11.2 Å². The predicted molar refractivity (Wildman–Crippen MR) is 87.7 cm³/mol. The van der Waals surface area contributed by atoms with Crippen LogP contribution in [0.4, 0.5) is 4.39 Å². The molecule has 2 N–H and O–H groups in total. The summed E-state index contributed by atoms with van der Waals surface area (Å²) in [6, 6.07) is 4.99. The van der Waals surface area contributed by atoms with Gasteiger partial charge in [-0.25, -0.2) is 4.39 Å². The van der Waals surface area contributed by atoms with Gasteiger partial charge in [0.15, 0.2) is 0 Å². The van der Waals surface area contributed by atoms with Gasteiger partial charge in [-0.2, -0.15) is 0 Å². The molecule has 0 amide bonds. The third kappa shape index (κ3) is 4.51. The van der Waals surface area contributed by atoms with Gasteiger partial charge in [-0.05, 0) is 50.2 Å². The monoisotopic (exact) mass is 357 g/mol. The number of hydrogen-bond donors (Lipinski definition) is 2. The average molecular weight is 358 g/mol. The second-order valence-electron chi connectivity index (χ2n) is 7.16. The lowest BCUT2D eigenvalue weighted by Crippen LogP contribution is -2.45. The summed E-state index contributed by atoms with van der Waals surface area (Å²) < 4.78 is 14.7. The first-order valence-electron chi connectivity index (χ1n) is 7.62. The molecular weight excluding hydrogens is 333 g/mol. The van der Waals surface area contributed by atoms with Gasteiger partial charge in [0.25, 0.3) is 0 Å². The Morgan fingerprint density at radius 1 is 1.29 bits per heavy atom. The van der Waals surface area contributed by atoms with Crippen LogP contribution in [0.3, 0.4) is 0 Å². The molecule has 118 valence electrons. The zero-order valence-electron chi connectivity index (χ0n) is 13.0. The van der Waals surface area contributed by atoms with Crippen molar-refractivity contribution in [1.82, 2.24) is 5.32 Å². The van der Waals surface area contributed by atoms with E-state index >= 15 is 0 Å². The topological polar surface area (TPSA) is 32.3 Å². The summed E-state index contributed by atoms with van der Waals surface area (Å²) in [6.45, 7) is 6.95. The van der Waals surface area contributed by atoms with Crippen LogP contribution in [0.5, 0.6) is 0 Å². The molecule has 0 aliphatic heterocycles. The Balaban J connectivity index is 1.93. The first-order chi connectivity index (χ1) is 9.71. The molecule has 4 heteroatoms. The van der Waals surface area contributed by atoms with E-state index < -0.39 is 5.60 Å². The van der Waals surface area contributed by atoms with E-state index in [2.05, 4.69) is 35.1 Å². The molecule has 0 aromatic heterocycles. The maximum Gasteiger partial charge on any atom is 0.129 e. The Morgan fingerprint density at radius 2 is 1.90 bits per heavy atom. The summed E-state index contributed by atoms with van der Waals surface area (Å²) in [7, 11) is 0. The first-order valence-corrected chi connectivity index (χ1v) is 8.41. The van der Waals surface area contributed by atoms with Crippen molar-refractivity contribution in [1.29, 1.82) is 0 Å². The van der Waals surface area contributed by atoms with Crippen molar-refractivity contribution in [3.63, 3.8) is 0 Å². The van der Waals surface area contributed by atoms with Crippen molar-refractivity contribution in [2.45, 2.75) is 58.1 Å². The van der Waals surface area contributed by atoms with Crippen LogP contribution in [-0.2, 0) is 0 Å². The minimum absolute atomic E-state index is 0.114. The van der Waals surface area contributed by atoms with Gasteiger partial charge in [-0.15, -0.1) is 0 Å². The molecule has 1 aromatic rings. The van der Waals surface area contributed by atoms with E-state index in [1.54, 1.807) is 6.07 Å². The molecule has 1 aromatic carbocycles. The lowest BCUT2D eigenvalue weighted by Gasteiger charge is -2.40. The van der Waals surface area contributed by atoms with Crippen molar-refractivity contribution in [3.8, 4) is 0 Å². The normalized spacial score (nSPS) is 22.0. The molecule has 2 nitrogen and oxygen atoms in total. The largest absolute Gasteiger partial charge is 0.389 e. The molecule has 1 aliphatic rings. The van der Waals surface area contributed by atoms with E-state index in [9.17, 15) is 9.50 Å². The summed E-state index contributed by atoms with van der Waals surface area (Å²) in [5, 5.41) is 13.9. The third-order valence-electron chi connectivity index (χ3n) is 4.70. The number of hydrogen-bond acceptors (Lipinski definition) is 2. The lowest BCUT2D eigenvalue weighted by atomic mass is 9.71. The molecule has 1 unspecified atom stereocenters. The molecule has 1 atom stereocenters. The number of halogens is 2. The predicted octanol–water partition coefficient (Wildman–Crippen LogP) is 4.57. The Labute approximate surface area is 135 Å². The summed E-state index contributed by atoms with van der Waals surface area (Å²) in [5.41, 5.74) is 0.309. The molecule has 0 saturated heterocycles. The minimum atomic E-state index is -0.657. The lowest BCUT2D eigenvalue weighted by molar-refractivity contribution is -0.0258. The highest BCUT2D eigenvalue weighted by Gasteiger charge is 2.36. The van der Waals surface area contributed by atoms with Crippen molar-refractivity contribution < 1.29 is 9.50 Å². The molecule has 1 saturated carbocycles. The van der Waals surface area contributed by atoms with Gasteiger partial charge >= 0.3 is 0 Å². The van der Waals surface area contributed by atoms with E-state index in [1.165, 1.54) is 6.07 Å². The molecule has 0 bridgehead atoms. The Morgan fingerprint density at radius 3 is 2.48 bits per heavy atom. The van der Waals surface area contributed by atoms with E-state index in [0.29, 0.717) is 17.5 Å². The Bertz CT molecular complexity index is 494. The summed E-state index contributed by atoms with van der Waals surface area (Å²) in [5.74, 6) is -0.221. The zero-order valence-corrected chi connectivity index (χ0v) is 14.6. The van der Waals surface area contributed by atoms with Crippen LogP contribution in [0.15, 0.2) is 22.7 Å². The molecule has 21 heavy (non-hydrogen) atoms. The SMILES string of the molecule is CC(NCC1(O)CCC(C)(C)CC1)c1ccc(Br)cc1F. The van der Waals surface area contributed by atoms with Crippen LogP contribution in [-0.4, -0.2) is 17.3 Å². The quantitative estimate of drug-likeness (QED) is 0.826. The Kier molecular flexibility index (Phi) is 5.11. The Hall–Kier alpha value is -0.450. The minimum Gasteiger partial charge on any atom is -0.389 e. The van der Waals surface area contributed by atoms with Crippen molar-refractivity contribution in [2.75, 3.05) is 6.54 Å². The number of nitrogens with one attached hydrogen (secondary N) is 1. The highest BCUT2D eigenvalue weighted by molar-refractivity contribution is 9.10. The maximum atomic E-state index is 13.9. The molecule has 0 radical (unpaired) electrons. The van der Waals surface area contributed by atoms with Gasteiger partial charge in [0.1, 0.15) is 5.82 Å². The number of aliphatic hydroxyl groups is 1. The second kappa shape index (κ2) is 6.35. The number of benzene rings is 1. The maximum absolute atomic E-state index is 13.9. The molecule has 0 spiro atoms. The fraction of sp³-hybridized carbons (Fsp3) is 0.647. The third-order valence-corrected chi connectivity index (χ3v) is 5.19. The van der Waals surface area contributed by atoms with Gasteiger partial charge in [-0.1, -0.05) is 35.8 Å². The molecule has 1 aliphatic carbocycles. The summed E-state index contributed by atoms with van der Waals surface area (Å²) in [4.78, 5) is 0. The summed E-state index contributed by atoms with van der Waals surface area (Å²) >= 11 is 3.27. The van der Waals surface area contributed by atoms with Gasteiger partial charge in [0.2, 0.25) is 0 Å². The van der Waals surface area contributed by atoms with Gasteiger partial charge in [-0.3, -0.25) is 0 Å². The van der Waals surface area contributed by atoms with Crippen LogP contribution >= 0.6 is 15.9 Å². The fourth-order valence-corrected chi connectivity index (χ4v) is 3.21. The van der Waals surface area contributed by atoms with E-state index in [4.69, 9.17) is 0 Å².